The summed E-state index contributed by atoms with van der Waals surface area (Å²) in [6.07, 6.45) is 5.02. The molecule has 0 radical (unpaired) electrons. The molecule has 1 aliphatic rings. The summed E-state index contributed by atoms with van der Waals surface area (Å²) in [5.41, 5.74) is 2.17. The zero-order chi connectivity index (χ0) is 14.8. The lowest BCUT2D eigenvalue weighted by molar-refractivity contribution is 0.0964. The quantitative estimate of drug-likeness (QED) is 0.819. The molecule has 1 aromatic carbocycles. The van der Waals surface area contributed by atoms with Crippen molar-refractivity contribution < 1.29 is 9.84 Å². The molecule has 20 heavy (non-hydrogen) atoms. The van der Waals surface area contributed by atoms with Gasteiger partial charge >= 0.3 is 0 Å². The van der Waals surface area contributed by atoms with Gasteiger partial charge in [0.25, 0.3) is 0 Å². The number of ether oxygens (including phenoxy) is 1. The molecule has 1 unspecified atom stereocenters. The molecule has 0 bridgehead atoms. The molecule has 1 N–H and O–H groups in total. The van der Waals surface area contributed by atoms with Crippen LogP contribution in [0.15, 0.2) is 18.2 Å². The number of fused-ring (bicyclic) bond motifs is 1. The van der Waals surface area contributed by atoms with Gasteiger partial charge in [0.1, 0.15) is 11.4 Å². The van der Waals surface area contributed by atoms with Crippen LogP contribution in [0.4, 0.5) is 0 Å². The average molecular weight is 276 g/mol. The van der Waals surface area contributed by atoms with Crippen molar-refractivity contribution in [3.63, 3.8) is 0 Å². The van der Waals surface area contributed by atoms with Crippen molar-refractivity contribution in [2.75, 3.05) is 0 Å². The van der Waals surface area contributed by atoms with Gasteiger partial charge in [0.05, 0.1) is 6.10 Å². The maximum atomic E-state index is 10.7. The monoisotopic (exact) mass is 276 g/mol. The summed E-state index contributed by atoms with van der Waals surface area (Å²) in [7, 11) is 0. The summed E-state index contributed by atoms with van der Waals surface area (Å²) in [6, 6.07) is 6.20. The molecule has 0 amide bonds. The topological polar surface area (TPSA) is 29.5 Å². The van der Waals surface area contributed by atoms with Crippen molar-refractivity contribution in [2.45, 2.75) is 71.5 Å². The Labute approximate surface area is 123 Å². The van der Waals surface area contributed by atoms with Crippen molar-refractivity contribution in [1.29, 1.82) is 0 Å². The fourth-order valence-electron chi connectivity index (χ4n) is 3.29. The van der Waals surface area contributed by atoms with Gasteiger partial charge in [-0.05, 0) is 55.9 Å². The average Bonchev–Trinajstić information content (AvgIpc) is 2.70. The zero-order valence-corrected chi connectivity index (χ0v) is 13.3. The molecule has 0 aliphatic carbocycles. The van der Waals surface area contributed by atoms with E-state index in [1.165, 1.54) is 5.56 Å². The van der Waals surface area contributed by atoms with Crippen LogP contribution < -0.4 is 4.74 Å². The van der Waals surface area contributed by atoms with Gasteiger partial charge in [-0.25, -0.2) is 0 Å². The molecule has 0 saturated carbocycles. The van der Waals surface area contributed by atoms with Gasteiger partial charge in [-0.1, -0.05) is 32.8 Å². The van der Waals surface area contributed by atoms with Crippen LogP contribution in [0.3, 0.4) is 0 Å². The first-order valence-electron chi connectivity index (χ1n) is 7.96. The second-order valence-corrected chi connectivity index (χ2v) is 6.69. The number of rotatable bonds is 6. The Balaban J connectivity index is 2.17. The van der Waals surface area contributed by atoms with Gasteiger partial charge in [-0.15, -0.1) is 0 Å². The van der Waals surface area contributed by atoms with Crippen LogP contribution in [-0.4, -0.2) is 10.7 Å². The predicted molar refractivity (Wildman–Crippen MR) is 83.1 cm³/mol. The Bertz CT molecular complexity index is 445. The molecule has 0 spiro atoms. The highest BCUT2D eigenvalue weighted by Crippen LogP contribution is 2.38. The maximum absolute atomic E-state index is 10.7. The highest BCUT2D eigenvalue weighted by atomic mass is 16.5. The number of benzene rings is 1. The molecule has 2 nitrogen and oxygen atoms in total. The van der Waals surface area contributed by atoms with E-state index in [4.69, 9.17) is 4.74 Å². The molecule has 2 heteroatoms. The molecule has 1 atom stereocenters. The third kappa shape index (κ3) is 3.35. The predicted octanol–water partition coefficient (Wildman–Crippen LogP) is 4.65. The lowest BCUT2D eigenvalue weighted by Crippen LogP contribution is -2.24. The van der Waals surface area contributed by atoms with Gasteiger partial charge in [-0.2, -0.15) is 0 Å². The van der Waals surface area contributed by atoms with E-state index in [1.54, 1.807) is 0 Å². The number of hydrogen-bond acceptors (Lipinski definition) is 2. The smallest absolute Gasteiger partial charge is 0.123 e. The zero-order valence-electron chi connectivity index (χ0n) is 13.3. The lowest BCUT2D eigenvalue weighted by Gasteiger charge is -2.22. The summed E-state index contributed by atoms with van der Waals surface area (Å²) < 4.78 is 5.90. The lowest BCUT2D eigenvalue weighted by atomic mass is 9.87. The molecule has 0 aromatic heterocycles. The summed E-state index contributed by atoms with van der Waals surface area (Å²) >= 11 is 0. The van der Waals surface area contributed by atoms with E-state index in [-0.39, 0.29) is 11.7 Å². The van der Waals surface area contributed by atoms with Crippen LogP contribution in [0, 0.1) is 5.92 Å². The van der Waals surface area contributed by atoms with E-state index < -0.39 is 0 Å². The van der Waals surface area contributed by atoms with Crippen molar-refractivity contribution in [3.05, 3.63) is 29.3 Å². The highest BCUT2D eigenvalue weighted by Gasteiger charge is 2.31. The Kier molecular flexibility index (Phi) is 4.74. The second kappa shape index (κ2) is 6.17. The van der Waals surface area contributed by atoms with Crippen molar-refractivity contribution in [3.8, 4) is 5.75 Å². The van der Waals surface area contributed by atoms with E-state index in [0.717, 1.165) is 43.4 Å². The summed E-state index contributed by atoms with van der Waals surface area (Å²) in [5.74, 6) is 1.35. The molecule has 0 saturated heterocycles. The van der Waals surface area contributed by atoms with Crippen LogP contribution in [0.1, 0.15) is 70.6 Å². The Morgan fingerprint density at radius 2 is 1.85 bits per heavy atom. The Morgan fingerprint density at radius 3 is 2.45 bits per heavy atom. The second-order valence-electron chi connectivity index (χ2n) is 6.69. The fraction of sp³-hybridized carbons (Fsp3) is 0.667. The molecule has 0 fully saturated rings. The summed E-state index contributed by atoms with van der Waals surface area (Å²) in [5, 5.41) is 10.7. The van der Waals surface area contributed by atoms with Gasteiger partial charge in [0.15, 0.2) is 0 Å². The van der Waals surface area contributed by atoms with Crippen LogP contribution in [0.2, 0.25) is 0 Å². The van der Waals surface area contributed by atoms with E-state index >= 15 is 0 Å². The third-order valence-electron chi connectivity index (χ3n) is 4.19. The minimum absolute atomic E-state index is 0.113. The van der Waals surface area contributed by atoms with E-state index in [1.807, 2.05) is 12.1 Å². The largest absolute Gasteiger partial charge is 0.487 e. The van der Waals surface area contributed by atoms with Crippen molar-refractivity contribution in [2.24, 2.45) is 5.92 Å². The minimum Gasteiger partial charge on any atom is -0.487 e. The first-order valence-corrected chi connectivity index (χ1v) is 7.96. The van der Waals surface area contributed by atoms with Crippen molar-refractivity contribution >= 4 is 0 Å². The van der Waals surface area contributed by atoms with Gasteiger partial charge in [-0.3, -0.25) is 0 Å². The standard InChI is InChI=1S/C18H28O2/c1-5-7-13(8-6-2)17(19)14-9-10-16-15(11-14)12-18(3,4)20-16/h9-11,13,17,19H,5-8,12H2,1-4H3. The van der Waals surface area contributed by atoms with Crippen LogP contribution >= 0.6 is 0 Å². The molecule has 1 heterocycles. The molecule has 112 valence electrons. The van der Waals surface area contributed by atoms with Gasteiger partial charge in [0, 0.05) is 6.42 Å². The molecule has 1 aliphatic heterocycles. The molecular formula is C18H28O2. The Hall–Kier alpha value is -1.02. The number of hydrogen-bond donors (Lipinski definition) is 1. The highest BCUT2D eigenvalue weighted by molar-refractivity contribution is 5.42. The fourth-order valence-corrected chi connectivity index (χ4v) is 3.29. The van der Waals surface area contributed by atoms with Gasteiger partial charge < -0.3 is 9.84 Å². The molecule has 2 rings (SSSR count). The maximum Gasteiger partial charge on any atom is 0.123 e. The molecule has 1 aromatic rings. The Morgan fingerprint density at radius 1 is 1.20 bits per heavy atom. The first-order chi connectivity index (χ1) is 9.46. The molecular weight excluding hydrogens is 248 g/mol. The normalized spacial score (nSPS) is 17.9. The van der Waals surface area contributed by atoms with Gasteiger partial charge in [0.2, 0.25) is 0 Å². The van der Waals surface area contributed by atoms with Crippen LogP contribution in [0.25, 0.3) is 0 Å². The number of aliphatic hydroxyl groups excluding tert-OH is 1. The third-order valence-corrected chi connectivity index (χ3v) is 4.19. The minimum atomic E-state index is -0.344. The summed E-state index contributed by atoms with van der Waals surface area (Å²) in [4.78, 5) is 0. The van der Waals surface area contributed by atoms with Crippen LogP contribution in [0.5, 0.6) is 5.75 Å². The number of aliphatic hydroxyl groups is 1. The first kappa shape index (κ1) is 15.4. The SMILES string of the molecule is CCCC(CCC)C(O)c1ccc2c(c1)CC(C)(C)O2. The van der Waals surface area contributed by atoms with Crippen molar-refractivity contribution in [1.82, 2.24) is 0 Å². The van der Waals surface area contributed by atoms with E-state index in [9.17, 15) is 5.11 Å². The van der Waals surface area contributed by atoms with E-state index in [0.29, 0.717) is 5.92 Å². The van der Waals surface area contributed by atoms with E-state index in [2.05, 4.69) is 33.8 Å². The van der Waals surface area contributed by atoms with Crippen LogP contribution in [-0.2, 0) is 6.42 Å². The summed E-state index contributed by atoms with van der Waals surface area (Å²) in [6.45, 7) is 8.60.